The number of nitrogens with zero attached hydrogens (tertiary/aromatic N) is 1. The van der Waals surface area contributed by atoms with E-state index in [0.717, 1.165) is 26.6 Å². The zero-order chi connectivity index (χ0) is 20.4. The lowest BCUT2D eigenvalue weighted by Gasteiger charge is -2.10. The van der Waals surface area contributed by atoms with Crippen molar-refractivity contribution in [3.05, 3.63) is 87.4 Å². The molecule has 0 spiro atoms. The number of aliphatic imine (C=N–C) groups is 1. The third-order valence-electron chi connectivity index (χ3n) is 4.31. The van der Waals surface area contributed by atoms with Crippen LogP contribution in [0.15, 0.2) is 75.4 Å². The van der Waals surface area contributed by atoms with Gasteiger partial charge in [0.1, 0.15) is 0 Å². The number of hydrogen-bond acceptors (Lipinski definition) is 4. The van der Waals surface area contributed by atoms with Gasteiger partial charge in [-0.1, -0.05) is 53.2 Å². The van der Waals surface area contributed by atoms with E-state index in [1.807, 2.05) is 36.4 Å². The Morgan fingerprint density at radius 2 is 1.86 bits per heavy atom. The van der Waals surface area contributed by atoms with Crippen LogP contribution in [-0.2, 0) is 4.84 Å². The SMILES string of the molecule is CCONC(=O)c1ccc2c(c1)N=C(c1ccc(Cl)cc1Cl)c1ccccc1S2. The molecule has 0 aromatic heterocycles. The van der Waals surface area contributed by atoms with E-state index < -0.39 is 0 Å². The second-order valence-corrected chi connectivity index (χ2v) is 8.16. The van der Waals surface area contributed by atoms with Crippen molar-refractivity contribution < 1.29 is 9.63 Å². The lowest BCUT2D eigenvalue weighted by molar-refractivity contribution is 0.0364. The molecule has 1 heterocycles. The first-order valence-corrected chi connectivity index (χ1v) is 10.5. The average molecular weight is 443 g/mol. The fraction of sp³-hybridized carbons (Fsp3) is 0.0909. The van der Waals surface area contributed by atoms with E-state index in [0.29, 0.717) is 27.9 Å². The van der Waals surface area contributed by atoms with Gasteiger partial charge in [0.2, 0.25) is 0 Å². The van der Waals surface area contributed by atoms with E-state index >= 15 is 0 Å². The van der Waals surface area contributed by atoms with E-state index in [4.69, 9.17) is 33.0 Å². The van der Waals surface area contributed by atoms with Gasteiger partial charge >= 0.3 is 0 Å². The number of benzene rings is 3. The molecule has 0 aliphatic carbocycles. The van der Waals surface area contributed by atoms with Gasteiger partial charge in [-0.05, 0) is 49.4 Å². The zero-order valence-corrected chi connectivity index (χ0v) is 17.7. The first kappa shape index (κ1) is 20.0. The van der Waals surface area contributed by atoms with E-state index in [9.17, 15) is 4.79 Å². The van der Waals surface area contributed by atoms with Crippen LogP contribution in [0, 0.1) is 0 Å². The molecule has 146 valence electrons. The molecule has 7 heteroatoms. The second-order valence-electron chi connectivity index (χ2n) is 6.23. The Morgan fingerprint density at radius 1 is 1.03 bits per heavy atom. The minimum absolute atomic E-state index is 0.317. The Morgan fingerprint density at radius 3 is 2.66 bits per heavy atom. The minimum Gasteiger partial charge on any atom is -0.274 e. The molecule has 0 saturated carbocycles. The summed E-state index contributed by atoms with van der Waals surface area (Å²) in [4.78, 5) is 24.2. The summed E-state index contributed by atoms with van der Waals surface area (Å²) in [6.07, 6.45) is 0. The summed E-state index contributed by atoms with van der Waals surface area (Å²) in [7, 11) is 0. The van der Waals surface area contributed by atoms with Crippen molar-refractivity contribution in [2.24, 2.45) is 4.99 Å². The largest absolute Gasteiger partial charge is 0.274 e. The number of carbonyl (C=O) groups is 1. The highest BCUT2D eigenvalue weighted by Gasteiger charge is 2.21. The summed E-state index contributed by atoms with van der Waals surface area (Å²) in [5.41, 5.74) is 6.06. The van der Waals surface area contributed by atoms with Crippen LogP contribution in [0.4, 0.5) is 5.69 Å². The van der Waals surface area contributed by atoms with Crippen LogP contribution in [-0.4, -0.2) is 18.2 Å². The molecule has 3 aromatic carbocycles. The third-order valence-corrected chi connectivity index (χ3v) is 6.00. The number of fused-ring (bicyclic) bond motifs is 2. The van der Waals surface area contributed by atoms with Crippen LogP contribution in [0.1, 0.15) is 28.4 Å². The van der Waals surface area contributed by atoms with Crippen LogP contribution in [0.3, 0.4) is 0 Å². The summed E-state index contributed by atoms with van der Waals surface area (Å²) < 4.78 is 0. The Kier molecular flexibility index (Phi) is 5.92. The predicted octanol–water partition coefficient (Wildman–Crippen LogP) is 6.31. The number of rotatable bonds is 4. The Labute approximate surface area is 182 Å². The normalized spacial score (nSPS) is 12.4. The van der Waals surface area contributed by atoms with Gasteiger partial charge < -0.3 is 0 Å². The van der Waals surface area contributed by atoms with Gasteiger partial charge in [0.05, 0.1) is 23.0 Å². The molecule has 0 bridgehead atoms. The highest BCUT2D eigenvalue weighted by atomic mass is 35.5. The quantitative estimate of drug-likeness (QED) is 0.376. The lowest BCUT2D eigenvalue weighted by Crippen LogP contribution is -2.23. The zero-order valence-electron chi connectivity index (χ0n) is 15.4. The second kappa shape index (κ2) is 8.59. The maximum absolute atomic E-state index is 12.3. The molecular weight excluding hydrogens is 427 g/mol. The summed E-state index contributed by atoms with van der Waals surface area (Å²) in [6, 6.07) is 18.8. The van der Waals surface area contributed by atoms with E-state index in [-0.39, 0.29) is 5.91 Å². The Bertz CT molecular complexity index is 1130. The van der Waals surface area contributed by atoms with E-state index in [2.05, 4.69) is 5.48 Å². The van der Waals surface area contributed by atoms with Crippen molar-refractivity contribution in [2.75, 3.05) is 6.61 Å². The fourth-order valence-corrected chi connectivity index (χ4v) is 4.47. The molecule has 1 N–H and O–H groups in total. The van der Waals surface area contributed by atoms with E-state index in [1.54, 1.807) is 43.0 Å². The highest BCUT2D eigenvalue weighted by molar-refractivity contribution is 7.99. The molecule has 4 nitrogen and oxygen atoms in total. The molecule has 29 heavy (non-hydrogen) atoms. The number of amides is 1. The molecule has 1 amide bonds. The maximum atomic E-state index is 12.3. The number of halogens is 2. The maximum Gasteiger partial charge on any atom is 0.274 e. The molecule has 0 saturated heterocycles. The van der Waals surface area contributed by atoms with Crippen LogP contribution in [0.2, 0.25) is 10.0 Å². The smallest absolute Gasteiger partial charge is 0.274 e. The molecule has 3 aromatic rings. The summed E-state index contributed by atoms with van der Waals surface area (Å²) >= 11 is 14.2. The van der Waals surface area contributed by atoms with Crippen LogP contribution < -0.4 is 5.48 Å². The van der Waals surface area contributed by atoms with Gasteiger partial charge in [-0.2, -0.15) is 0 Å². The van der Waals surface area contributed by atoms with E-state index in [1.165, 1.54) is 0 Å². The summed E-state index contributed by atoms with van der Waals surface area (Å²) in [5, 5.41) is 1.08. The van der Waals surface area contributed by atoms with Gasteiger partial charge in [0.25, 0.3) is 5.91 Å². The predicted molar refractivity (Wildman–Crippen MR) is 118 cm³/mol. The van der Waals surface area contributed by atoms with Crippen LogP contribution >= 0.6 is 35.0 Å². The van der Waals surface area contributed by atoms with Crippen molar-refractivity contribution in [1.29, 1.82) is 0 Å². The number of hydrogen-bond donors (Lipinski definition) is 1. The Balaban J connectivity index is 1.87. The molecule has 0 fully saturated rings. The molecule has 0 radical (unpaired) electrons. The number of hydroxylamine groups is 1. The van der Waals surface area contributed by atoms with Crippen molar-refractivity contribution >= 4 is 52.3 Å². The Hall–Kier alpha value is -2.31. The fourth-order valence-electron chi connectivity index (χ4n) is 2.97. The van der Waals surface area contributed by atoms with Gasteiger partial charge in [-0.25, -0.2) is 10.5 Å². The standard InChI is InChI=1S/C22H16Cl2N2O2S/c1-2-28-26-22(27)13-7-10-20-18(11-13)25-21(15-9-8-14(23)12-17(15)24)16-5-3-4-6-19(16)29-20/h3-12H,2H2,1H3,(H,26,27). The van der Waals surface area contributed by atoms with Crippen molar-refractivity contribution in [1.82, 2.24) is 5.48 Å². The van der Waals surface area contributed by atoms with Crippen molar-refractivity contribution in [3.8, 4) is 0 Å². The summed E-state index contributed by atoms with van der Waals surface area (Å²) in [5.74, 6) is -0.317. The lowest BCUT2D eigenvalue weighted by atomic mass is 10.0. The molecule has 0 unspecified atom stereocenters. The number of carbonyl (C=O) groups excluding carboxylic acids is 1. The molecular formula is C22H16Cl2N2O2S. The van der Waals surface area contributed by atoms with Crippen molar-refractivity contribution in [2.45, 2.75) is 16.7 Å². The average Bonchev–Trinajstić information content (AvgIpc) is 2.88. The highest BCUT2D eigenvalue weighted by Crippen LogP contribution is 2.42. The number of nitrogens with one attached hydrogen (secondary N) is 1. The minimum atomic E-state index is -0.317. The van der Waals surface area contributed by atoms with Crippen LogP contribution in [0.5, 0.6) is 0 Å². The molecule has 0 atom stereocenters. The summed E-state index contributed by atoms with van der Waals surface area (Å²) in [6.45, 7) is 2.19. The third kappa shape index (κ3) is 4.19. The van der Waals surface area contributed by atoms with Gasteiger partial charge in [-0.15, -0.1) is 0 Å². The first-order valence-electron chi connectivity index (χ1n) is 8.94. The first-order chi connectivity index (χ1) is 14.1. The topological polar surface area (TPSA) is 50.7 Å². The van der Waals surface area contributed by atoms with Crippen LogP contribution in [0.25, 0.3) is 0 Å². The van der Waals surface area contributed by atoms with Crippen molar-refractivity contribution in [3.63, 3.8) is 0 Å². The van der Waals surface area contributed by atoms with Gasteiger partial charge in [0.15, 0.2) is 0 Å². The molecule has 1 aliphatic rings. The monoisotopic (exact) mass is 442 g/mol. The molecule has 4 rings (SSSR count). The molecule has 1 aliphatic heterocycles. The van der Waals surface area contributed by atoms with Gasteiger partial charge in [-0.3, -0.25) is 9.63 Å². The van der Waals surface area contributed by atoms with Gasteiger partial charge in [0, 0.05) is 31.5 Å².